The first-order valence-electron chi connectivity index (χ1n) is 8.13. The molecule has 1 aromatic heterocycles. The SMILES string of the molecule is Cc1cc(C)c(S(=O)(=O)Nc2ccn(Cc3ccc(Cl)cc3)n2)c(C)c1. The van der Waals surface area contributed by atoms with Crippen LogP contribution in [0.25, 0.3) is 0 Å². The van der Waals surface area contributed by atoms with E-state index in [1.54, 1.807) is 30.8 Å². The standard InChI is InChI=1S/C19H20ClN3O2S/c1-13-10-14(2)19(15(3)11-13)26(24,25)22-18-8-9-23(21-18)12-16-4-6-17(20)7-5-16/h4-11H,12H2,1-3H3,(H,21,22). The lowest BCUT2D eigenvalue weighted by Gasteiger charge is -2.12. The molecule has 1 N–H and O–H groups in total. The Morgan fingerprint density at radius 2 is 1.65 bits per heavy atom. The fraction of sp³-hybridized carbons (Fsp3) is 0.211. The van der Waals surface area contributed by atoms with E-state index in [4.69, 9.17) is 11.6 Å². The van der Waals surface area contributed by atoms with Crippen LogP contribution in [0.15, 0.2) is 53.6 Å². The molecule has 26 heavy (non-hydrogen) atoms. The van der Waals surface area contributed by atoms with E-state index in [1.807, 2.05) is 43.3 Å². The van der Waals surface area contributed by atoms with Gasteiger partial charge in [0.2, 0.25) is 0 Å². The van der Waals surface area contributed by atoms with Gasteiger partial charge in [0.15, 0.2) is 5.82 Å². The number of hydrogen-bond acceptors (Lipinski definition) is 3. The van der Waals surface area contributed by atoms with E-state index >= 15 is 0 Å². The molecule has 136 valence electrons. The van der Waals surface area contributed by atoms with Gasteiger partial charge < -0.3 is 0 Å². The topological polar surface area (TPSA) is 64.0 Å². The summed E-state index contributed by atoms with van der Waals surface area (Å²) in [6, 6.07) is 12.8. The van der Waals surface area contributed by atoms with Gasteiger partial charge >= 0.3 is 0 Å². The summed E-state index contributed by atoms with van der Waals surface area (Å²) < 4.78 is 29.8. The Balaban J connectivity index is 1.81. The Morgan fingerprint density at radius 1 is 1.04 bits per heavy atom. The molecule has 0 aliphatic carbocycles. The molecule has 3 rings (SSSR count). The van der Waals surface area contributed by atoms with Crippen molar-refractivity contribution in [1.82, 2.24) is 9.78 Å². The molecule has 0 bridgehead atoms. The maximum Gasteiger partial charge on any atom is 0.263 e. The van der Waals surface area contributed by atoms with Gasteiger partial charge in [-0.2, -0.15) is 5.10 Å². The molecule has 2 aromatic carbocycles. The van der Waals surface area contributed by atoms with Gasteiger partial charge in [-0.05, 0) is 49.6 Å². The van der Waals surface area contributed by atoms with E-state index < -0.39 is 10.0 Å². The van der Waals surface area contributed by atoms with Crippen molar-refractivity contribution in [2.24, 2.45) is 0 Å². The highest BCUT2D eigenvalue weighted by Gasteiger charge is 2.21. The molecule has 0 atom stereocenters. The van der Waals surface area contributed by atoms with Crippen molar-refractivity contribution in [2.45, 2.75) is 32.2 Å². The fourth-order valence-corrected chi connectivity index (χ4v) is 4.64. The number of benzene rings is 2. The molecule has 0 radical (unpaired) electrons. The Kier molecular flexibility index (Phi) is 5.07. The van der Waals surface area contributed by atoms with Crippen molar-refractivity contribution >= 4 is 27.4 Å². The van der Waals surface area contributed by atoms with E-state index in [-0.39, 0.29) is 0 Å². The number of aromatic nitrogens is 2. The van der Waals surface area contributed by atoms with Crippen LogP contribution in [0.3, 0.4) is 0 Å². The van der Waals surface area contributed by atoms with Crippen LogP contribution in [0.1, 0.15) is 22.3 Å². The second kappa shape index (κ2) is 7.13. The molecule has 0 saturated heterocycles. The quantitative estimate of drug-likeness (QED) is 0.707. The summed E-state index contributed by atoms with van der Waals surface area (Å²) in [6.07, 6.45) is 1.74. The van der Waals surface area contributed by atoms with Crippen molar-refractivity contribution in [3.63, 3.8) is 0 Å². The number of rotatable bonds is 5. The molecule has 0 spiro atoms. The van der Waals surface area contributed by atoms with E-state index in [9.17, 15) is 8.42 Å². The zero-order chi connectivity index (χ0) is 18.9. The van der Waals surface area contributed by atoms with E-state index in [1.165, 1.54) is 0 Å². The third-order valence-electron chi connectivity index (χ3n) is 4.01. The van der Waals surface area contributed by atoms with Crippen molar-refractivity contribution in [2.75, 3.05) is 4.72 Å². The summed E-state index contributed by atoms with van der Waals surface area (Å²) in [4.78, 5) is 0.301. The van der Waals surface area contributed by atoms with Gasteiger partial charge in [0.1, 0.15) is 0 Å². The molecule has 5 nitrogen and oxygen atoms in total. The number of nitrogens with one attached hydrogen (secondary N) is 1. The smallest absolute Gasteiger partial charge is 0.263 e. The average Bonchev–Trinajstić information content (AvgIpc) is 2.94. The monoisotopic (exact) mass is 389 g/mol. The summed E-state index contributed by atoms with van der Waals surface area (Å²) in [5, 5.41) is 4.98. The number of sulfonamides is 1. The third-order valence-corrected chi connectivity index (χ3v) is 5.92. The molecule has 0 unspecified atom stereocenters. The summed E-state index contributed by atoms with van der Waals surface area (Å²) in [6.45, 7) is 6.07. The Labute approximate surface area is 158 Å². The molecule has 0 aliphatic heterocycles. The maximum absolute atomic E-state index is 12.8. The molecular formula is C19H20ClN3O2S. The zero-order valence-corrected chi connectivity index (χ0v) is 16.4. The Morgan fingerprint density at radius 3 is 2.27 bits per heavy atom. The molecule has 0 aliphatic rings. The molecular weight excluding hydrogens is 370 g/mol. The minimum atomic E-state index is -3.70. The molecule has 0 saturated carbocycles. The van der Waals surface area contributed by atoms with Gasteiger partial charge in [-0.1, -0.05) is 41.4 Å². The van der Waals surface area contributed by atoms with Crippen molar-refractivity contribution in [3.05, 3.63) is 75.9 Å². The van der Waals surface area contributed by atoms with E-state index in [0.29, 0.717) is 22.3 Å². The number of nitrogens with zero attached hydrogens (tertiary/aromatic N) is 2. The van der Waals surface area contributed by atoms with Crippen LogP contribution in [0.4, 0.5) is 5.82 Å². The van der Waals surface area contributed by atoms with Crippen LogP contribution >= 0.6 is 11.6 Å². The van der Waals surface area contributed by atoms with Gasteiger partial charge in [0.05, 0.1) is 11.4 Å². The highest BCUT2D eigenvalue weighted by Crippen LogP contribution is 2.24. The third kappa shape index (κ3) is 4.08. The highest BCUT2D eigenvalue weighted by atomic mass is 35.5. The van der Waals surface area contributed by atoms with Gasteiger partial charge in [-0.25, -0.2) is 8.42 Å². The average molecular weight is 390 g/mol. The van der Waals surface area contributed by atoms with E-state index in [0.717, 1.165) is 22.3 Å². The van der Waals surface area contributed by atoms with Gasteiger partial charge in [0, 0.05) is 17.3 Å². The highest BCUT2D eigenvalue weighted by molar-refractivity contribution is 7.92. The number of halogens is 1. The molecule has 7 heteroatoms. The summed E-state index contributed by atoms with van der Waals surface area (Å²) in [5.74, 6) is 0.290. The number of anilines is 1. The van der Waals surface area contributed by atoms with Crippen LogP contribution in [-0.4, -0.2) is 18.2 Å². The minimum Gasteiger partial charge on any atom is -0.266 e. The van der Waals surface area contributed by atoms with Crippen molar-refractivity contribution < 1.29 is 8.42 Å². The normalized spacial score (nSPS) is 11.5. The van der Waals surface area contributed by atoms with Crippen LogP contribution < -0.4 is 4.72 Å². The van der Waals surface area contributed by atoms with E-state index in [2.05, 4.69) is 9.82 Å². The largest absolute Gasteiger partial charge is 0.266 e. The lowest BCUT2D eigenvalue weighted by Crippen LogP contribution is -2.16. The minimum absolute atomic E-state index is 0.290. The molecule has 0 amide bonds. The predicted octanol–water partition coefficient (Wildman–Crippen LogP) is 4.31. The van der Waals surface area contributed by atoms with Gasteiger partial charge in [-0.15, -0.1) is 0 Å². The predicted molar refractivity (Wildman–Crippen MR) is 104 cm³/mol. The molecule has 3 aromatic rings. The molecule has 0 fully saturated rings. The van der Waals surface area contributed by atoms with Crippen LogP contribution in [0.2, 0.25) is 5.02 Å². The number of aryl methyl sites for hydroxylation is 3. The fourth-order valence-electron chi connectivity index (χ4n) is 3.06. The summed E-state index contributed by atoms with van der Waals surface area (Å²) >= 11 is 5.89. The van der Waals surface area contributed by atoms with Crippen molar-refractivity contribution in [3.8, 4) is 0 Å². The maximum atomic E-state index is 12.8. The van der Waals surface area contributed by atoms with Crippen LogP contribution in [0.5, 0.6) is 0 Å². The van der Waals surface area contributed by atoms with Crippen LogP contribution in [-0.2, 0) is 16.6 Å². The number of hydrogen-bond donors (Lipinski definition) is 1. The Bertz CT molecular complexity index is 1020. The van der Waals surface area contributed by atoms with Crippen LogP contribution in [0, 0.1) is 20.8 Å². The Hall–Kier alpha value is -2.31. The first kappa shape index (κ1) is 18.5. The second-order valence-corrected chi connectivity index (χ2v) is 8.41. The lowest BCUT2D eigenvalue weighted by atomic mass is 10.1. The lowest BCUT2D eigenvalue weighted by molar-refractivity contribution is 0.599. The van der Waals surface area contributed by atoms with Crippen molar-refractivity contribution in [1.29, 1.82) is 0 Å². The first-order valence-corrected chi connectivity index (χ1v) is 9.99. The molecule has 1 heterocycles. The van der Waals surface area contributed by atoms with Gasteiger partial charge in [-0.3, -0.25) is 9.40 Å². The summed E-state index contributed by atoms with van der Waals surface area (Å²) in [7, 11) is -3.70. The summed E-state index contributed by atoms with van der Waals surface area (Å²) in [5.41, 5.74) is 3.49. The van der Waals surface area contributed by atoms with Gasteiger partial charge in [0.25, 0.3) is 10.0 Å². The first-order chi connectivity index (χ1) is 12.2. The second-order valence-electron chi connectivity index (χ2n) is 6.36. The zero-order valence-electron chi connectivity index (χ0n) is 14.8.